The van der Waals surface area contributed by atoms with Gasteiger partial charge in [-0.1, -0.05) is 5.16 Å². The standard InChI is InChI=1S/C41H60N12O13S/c1-37(2,3)62-33(58)42-15-22-17-51(18-22)32(48-35(60)64-39(7,8)9)52(36(61)65-40(10,11)12)19-23-16-43-53(49-23)20-24-26(28(54)44-24)46-29(55)27(50-66-41(13-14-41)30(56)57)25-21-67-31(45-25)47-34(59)63-38(4,5)6/h16,21-22,24,26H,13-15,17-20H2,1-12H3,(H,42,58)(H,44,54)(H,46,55)(H,56,57)(H,45,47,59)/b48-32-,50-27?/t24-,26+/m1/s1. The van der Waals surface area contributed by atoms with Crippen molar-refractivity contribution in [1.82, 2.24) is 45.7 Å². The van der Waals surface area contributed by atoms with Crippen LogP contribution >= 0.6 is 11.3 Å². The highest BCUT2D eigenvalue weighted by molar-refractivity contribution is 7.14. The molecular formula is C41H60N12O13S. The number of alkyl carbamates (subject to hydrolysis) is 1. The first-order valence-corrected chi connectivity index (χ1v) is 22.3. The van der Waals surface area contributed by atoms with Gasteiger partial charge in [-0.05, 0) is 83.1 Å². The van der Waals surface area contributed by atoms with Gasteiger partial charge >= 0.3 is 30.3 Å². The summed E-state index contributed by atoms with van der Waals surface area (Å²) in [5, 5.41) is 34.3. The lowest BCUT2D eigenvalue weighted by atomic mass is 9.98. The second-order valence-corrected chi connectivity index (χ2v) is 20.9. The summed E-state index contributed by atoms with van der Waals surface area (Å²) in [6, 6.07) is -1.93. The number of nitrogens with one attached hydrogen (secondary N) is 4. The third kappa shape index (κ3) is 15.2. The van der Waals surface area contributed by atoms with Crippen LogP contribution in [0.4, 0.5) is 24.3 Å². The number of hydrogen-bond acceptors (Lipinski definition) is 17. The number of carbonyl (C=O) groups is 7. The number of likely N-dealkylation sites (tertiary alicyclic amines) is 1. The minimum absolute atomic E-state index is 0.0408. The molecule has 368 valence electrons. The molecule has 26 heteroatoms. The molecule has 2 aromatic rings. The Bertz CT molecular complexity index is 2270. The van der Waals surface area contributed by atoms with E-state index < -0.39 is 88.0 Å². The fraction of sp³-hybridized carbons (Fsp3) is 0.659. The quantitative estimate of drug-likeness (QED) is 0.0630. The van der Waals surface area contributed by atoms with Crippen molar-refractivity contribution in [3.05, 3.63) is 23.0 Å². The molecule has 5 N–H and O–H groups in total. The van der Waals surface area contributed by atoms with Gasteiger partial charge in [0.25, 0.3) is 5.91 Å². The molecule has 2 atom stereocenters. The number of anilines is 1. The zero-order valence-corrected chi connectivity index (χ0v) is 40.5. The van der Waals surface area contributed by atoms with Crippen LogP contribution in [0, 0.1) is 5.92 Å². The average molecular weight is 961 g/mol. The molecule has 6 amide bonds. The number of carbonyl (C=O) groups excluding carboxylic acids is 6. The molecule has 67 heavy (non-hydrogen) atoms. The summed E-state index contributed by atoms with van der Waals surface area (Å²) >= 11 is 0.935. The summed E-state index contributed by atoms with van der Waals surface area (Å²) in [4.78, 5) is 108. The predicted octanol–water partition coefficient (Wildman–Crippen LogP) is 3.59. The summed E-state index contributed by atoms with van der Waals surface area (Å²) in [5.41, 5.74) is -5.33. The monoisotopic (exact) mass is 960 g/mol. The molecule has 0 radical (unpaired) electrons. The maximum absolute atomic E-state index is 13.9. The Morgan fingerprint density at radius 3 is 2.09 bits per heavy atom. The normalized spacial score (nSPS) is 18.6. The van der Waals surface area contributed by atoms with Crippen LogP contribution in [-0.2, 0) is 51.3 Å². The molecule has 0 bridgehead atoms. The summed E-state index contributed by atoms with van der Waals surface area (Å²) < 4.78 is 21.8. The molecule has 2 aliphatic heterocycles. The number of carboxylic acid groups (broad SMARTS) is 1. The summed E-state index contributed by atoms with van der Waals surface area (Å²) in [7, 11) is 0. The zero-order valence-electron chi connectivity index (χ0n) is 39.7. The van der Waals surface area contributed by atoms with E-state index in [9.17, 15) is 38.7 Å². The SMILES string of the molecule is CC(C)(C)OC(=O)/N=C(/N1CC(CNC(=O)OC(C)(C)C)C1)N(Cc1cnn(C[C@H]2NC(=O)[C@H]2NC(=O)C(=NOC2(C(=O)O)CC2)c2csc(NC(=O)OC(C)(C)C)n2)n1)C(=O)OC(C)(C)C. The van der Waals surface area contributed by atoms with Crippen LogP contribution in [-0.4, -0.2) is 148 Å². The second-order valence-electron chi connectivity index (χ2n) is 20.1. The lowest BCUT2D eigenvalue weighted by Gasteiger charge is -2.43. The molecule has 1 aliphatic carbocycles. The number of aliphatic carboxylic acids is 1. The highest BCUT2D eigenvalue weighted by Gasteiger charge is 2.55. The predicted molar refractivity (Wildman–Crippen MR) is 238 cm³/mol. The fourth-order valence-electron chi connectivity index (χ4n) is 6.03. The Hall–Kier alpha value is -6.60. The number of aromatic nitrogens is 4. The zero-order chi connectivity index (χ0) is 49.9. The molecule has 0 aromatic carbocycles. The van der Waals surface area contributed by atoms with Crippen molar-refractivity contribution < 1.29 is 62.5 Å². The van der Waals surface area contributed by atoms with Gasteiger partial charge in [0.05, 0.1) is 25.3 Å². The van der Waals surface area contributed by atoms with E-state index in [0.29, 0.717) is 0 Å². The molecule has 0 spiro atoms. The van der Waals surface area contributed by atoms with E-state index in [1.807, 2.05) is 0 Å². The van der Waals surface area contributed by atoms with Crippen molar-refractivity contribution >= 4 is 70.3 Å². The lowest BCUT2D eigenvalue weighted by molar-refractivity contribution is -0.153. The number of carboxylic acids is 1. The number of oxime groups is 1. The first-order valence-electron chi connectivity index (χ1n) is 21.4. The van der Waals surface area contributed by atoms with Crippen molar-refractivity contribution in [1.29, 1.82) is 0 Å². The van der Waals surface area contributed by atoms with E-state index in [1.54, 1.807) is 88.0 Å². The smallest absolute Gasteiger partial charge is 0.437 e. The van der Waals surface area contributed by atoms with Gasteiger partial charge in [-0.3, -0.25) is 14.9 Å². The number of nitrogens with zero attached hydrogens (tertiary/aromatic N) is 8. The van der Waals surface area contributed by atoms with E-state index in [1.165, 1.54) is 16.4 Å². The number of hydrogen-bond donors (Lipinski definition) is 5. The Labute approximate surface area is 390 Å². The molecule has 5 rings (SSSR count). The largest absolute Gasteiger partial charge is 0.478 e. The van der Waals surface area contributed by atoms with Gasteiger partial charge in [0, 0.05) is 43.8 Å². The van der Waals surface area contributed by atoms with Crippen molar-refractivity contribution in [2.75, 3.05) is 25.0 Å². The van der Waals surface area contributed by atoms with Crippen molar-refractivity contribution in [3.63, 3.8) is 0 Å². The third-order valence-electron chi connectivity index (χ3n) is 9.15. The van der Waals surface area contributed by atoms with Gasteiger partial charge in [0.2, 0.25) is 17.5 Å². The van der Waals surface area contributed by atoms with E-state index in [2.05, 4.69) is 46.6 Å². The molecule has 0 unspecified atom stereocenters. The van der Waals surface area contributed by atoms with Crippen LogP contribution in [0.1, 0.15) is 107 Å². The van der Waals surface area contributed by atoms with Crippen molar-refractivity contribution in [2.24, 2.45) is 16.1 Å². The maximum Gasteiger partial charge on any atom is 0.437 e. The molecule has 2 saturated heterocycles. The van der Waals surface area contributed by atoms with Gasteiger partial charge in [0.1, 0.15) is 39.8 Å². The van der Waals surface area contributed by atoms with Gasteiger partial charge in [-0.15, -0.1) is 16.3 Å². The van der Waals surface area contributed by atoms with Crippen LogP contribution < -0.4 is 21.3 Å². The lowest BCUT2D eigenvalue weighted by Crippen LogP contribution is -2.70. The minimum atomic E-state index is -1.63. The number of β-lactam (4-membered cyclic amide) rings is 1. The Balaban J connectivity index is 1.32. The van der Waals surface area contributed by atoms with Gasteiger partial charge in [-0.2, -0.15) is 15.0 Å². The molecule has 3 aliphatic rings. The van der Waals surface area contributed by atoms with E-state index in [0.717, 1.165) is 16.2 Å². The summed E-state index contributed by atoms with van der Waals surface area (Å²) in [6.45, 7) is 20.8. The number of thiazole rings is 1. The molecule has 25 nitrogen and oxygen atoms in total. The Morgan fingerprint density at radius 1 is 0.910 bits per heavy atom. The van der Waals surface area contributed by atoms with Gasteiger partial charge in [-0.25, -0.2) is 33.9 Å². The van der Waals surface area contributed by atoms with Gasteiger partial charge in [0.15, 0.2) is 10.8 Å². The molecule has 3 fully saturated rings. The Kier molecular flexibility index (Phi) is 15.1. The average Bonchev–Trinajstić information content (AvgIpc) is 3.58. The molecule has 1 saturated carbocycles. The number of amides is 6. The molecular weight excluding hydrogens is 901 g/mol. The highest BCUT2D eigenvalue weighted by atomic mass is 32.1. The summed E-state index contributed by atoms with van der Waals surface area (Å²) in [5.74, 6) is -2.96. The molecule has 2 aromatic heterocycles. The van der Waals surface area contributed by atoms with Crippen LogP contribution in [0.5, 0.6) is 0 Å². The fourth-order valence-corrected chi connectivity index (χ4v) is 6.71. The maximum atomic E-state index is 13.9. The second kappa shape index (κ2) is 19.7. The first-order chi connectivity index (χ1) is 30.9. The van der Waals surface area contributed by atoms with Crippen LogP contribution in [0.2, 0.25) is 0 Å². The number of ether oxygens (including phenoxy) is 4. The van der Waals surface area contributed by atoms with Crippen LogP contribution in [0.3, 0.4) is 0 Å². The van der Waals surface area contributed by atoms with Crippen molar-refractivity contribution in [2.45, 2.75) is 149 Å². The van der Waals surface area contributed by atoms with E-state index in [4.69, 9.17) is 23.8 Å². The topological polar surface area (TPSA) is 309 Å². The van der Waals surface area contributed by atoms with Gasteiger partial charge < -0.3 is 49.7 Å². The number of aliphatic imine (C=N–C) groups is 1. The Morgan fingerprint density at radius 2 is 1.52 bits per heavy atom. The van der Waals surface area contributed by atoms with E-state index in [-0.39, 0.29) is 74.0 Å². The van der Waals surface area contributed by atoms with Crippen LogP contribution in [0.15, 0.2) is 21.7 Å². The van der Waals surface area contributed by atoms with E-state index >= 15 is 0 Å². The highest BCUT2D eigenvalue weighted by Crippen LogP contribution is 2.40. The summed E-state index contributed by atoms with van der Waals surface area (Å²) in [6.07, 6.45) is -1.56. The third-order valence-corrected chi connectivity index (χ3v) is 9.91. The molecule has 4 heterocycles. The van der Waals surface area contributed by atoms with Crippen molar-refractivity contribution in [3.8, 4) is 0 Å². The minimum Gasteiger partial charge on any atom is -0.478 e. The number of guanidine groups is 1. The number of rotatable bonds is 13. The first kappa shape index (κ1) is 51.4. The van der Waals surface area contributed by atoms with Crippen LogP contribution in [0.25, 0.3) is 0 Å².